The molecule has 16 heavy (non-hydrogen) atoms. The molecular weight excluding hydrogens is 270 g/mol. The molecule has 1 N–H and O–H groups in total. The summed E-state index contributed by atoms with van der Waals surface area (Å²) in [6.07, 6.45) is 7.33. The summed E-state index contributed by atoms with van der Waals surface area (Å²) in [5, 5.41) is 0. The molecule has 0 rings (SSSR count). The van der Waals surface area contributed by atoms with Gasteiger partial charge in [-0.2, -0.15) is 0 Å². The summed E-state index contributed by atoms with van der Waals surface area (Å²) in [6, 6.07) is 0. The van der Waals surface area contributed by atoms with Gasteiger partial charge in [-0.05, 0) is 20.3 Å². The lowest BCUT2D eigenvalue weighted by Gasteiger charge is -2.15. The fourth-order valence-corrected chi connectivity index (χ4v) is 1.27. The Labute approximate surface area is 107 Å². The molecule has 0 aliphatic heterocycles. The van der Waals surface area contributed by atoms with Crippen molar-refractivity contribution in [3.63, 3.8) is 0 Å². The van der Waals surface area contributed by atoms with Gasteiger partial charge in [-0.3, -0.25) is 9.63 Å². The standard InChI is InChI=1S/C12H24BrNO2/c1-4-5-6-7-8-9-10-16-14-11(15)12(2,3)13/h4-10H2,1-3H3,(H,14,15). The van der Waals surface area contributed by atoms with Crippen molar-refractivity contribution in [1.82, 2.24) is 5.48 Å². The van der Waals surface area contributed by atoms with Crippen molar-refractivity contribution in [2.75, 3.05) is 6.61 Å². The van der Waals surface area contributed by atoms with Gasteiger partial charge < -0.3 is 0 Å². The summed E-state index contributed by atoms with van der Waals surface area (Å²) in [7, 11) is 0. The van der Waals surface area contributed by atoms with Gasteiger partial charge in [0.2, 0.25) is 0 Å². The minimum absolute atomic E-state index is 0.140. The van der Waals surface area contributed by atoms with Crippen molar-refractivity contribution in [2.24, 2.45) is 0 Å². The first-order valence-corrected chi connectivity index (χ1v) is 6.89. The highest BCUT2D eigenvalue weighted by atomic mass is 79.9. The van der Waals surface area contributed by atoms with Gasteiger partial charge in [0.1, 0.15) is 4.32 Å². The molecule has 0 saturated carbocycles. The molecule has 3 nitrogen and oxygen atoms in total. The molecule has 4 heteroatoms. The molecular formula is C12H24BrNO2. The van der Waals surface area contributed by atoms with E-state index in [-0.39, 0.29) is 5.91 Å². The second kappa shape index (κ2) is 8.99. The van der Waals surface area contributed by atoms with Gasteiger partial charge >= 0.3 is 0 Å². The van der Waals surface area contributed by atoms with E-state index in [1.807, 2.05) is 0 Å². The number of nitrogens with one attached hydrogen (secondary N) is 1. The Hall–Kier alpha value is -0.0900. The quantitative estimate of drug-likeness (QED) is 0.401. The highest BCUT2D eigenvalue weighted by molar-refractivity contribution is 9.10. The lowest BCUT2D eigenvalue weighted by Crippen LogP contribution is -2.37. The number of carbonyl (C=O) groups is 1. The number of hydrogen-bond acceptors (Lipinski definition) is 2. The van der Waals surface area contributed by atoms with Gasteiger partial charge in [0, 0.05) is 0 Å². The van der Waals surface area contributed by atoms with E-state index < -0.39 is 4.32 Å². The van der Waals surface area contributed by atoms with Crippen LogP contribution in [0, 0.1) is 0 Å². The highest BCUT2D eigenvalue weighted by Gasteiger charge is 2.23. The predicted octanol–water partition coefficient (Wildman–Crippen LogP) is 3.57. The van der Waals surface area contributed by atoms with E-state index in [9.17, 15) is 4.79 Å². The lowest BCUT2D eigenvalue weighted by molar-refractivity contribution is -0.135. The first kappa shape index (κ1) is 15.9. The fraction of sp³-hybridized carbons (Fsp3) is 0.917. The van der Waals surface area contributed by atoms with E-state index in [4.69, 9.17) is 4.84 Å². The predicted molar refractivity (Wildman–Crippen MR) is 70.5 cm³/mol. The van der Waals surface area contributed by atoms with Crippen LogP contribution in [-0.2, 0) is 9.63 Å². The van der Waals surface area contributed by atoms with Crippen molar-refractivity contribution in [1.29, 1.82) is 0 Å². The van der Waals surface area contributed by atoms with Gasteiger partial charge in [0.25, 0.3) is 5.91 Å². The topological polar surface area (TPSA) is 38.3 Å². The Morgan fingerprint density at radius 2 is 1.75 bits per heavy atom. The minimum atomic E-state index is -0.561. The summed E-state index contributed by atoms with van der Waals surface area (Å²) < 4.78 is -0.561. The van der Waals surface area contributed by atoms with Crippen LogP contribution >= 0.6 is 15.9 Å². The molecule has 0 aromatic carbocycles. The SMILES string of the molecule is CCCCCCCCONC(=O)C(C)(C)Br. The van der Waals surface area contributed by atoms with Crippen LogP contribution in [0.3, 0.4) is 0 Å². The number of halogens is 1. The van der Waals surface area contributed by atoms with Crippen molar-refractivity contribution in [3.8, 4) is 0 Å². The maximum Gasteiger partial charge on any atom is 0.259 e. The summed E-state index contributed by atoms with van der Waals surface area (Å²) >= 11 is 3.26. The van der Waals surface area contributed by atoms with Crippen LogP contribution < -0.4 is 5.48 Å². The van der Waals surface area contributed by atoms with Gasteiger partial charge in [0.15, 0.2) is 0 Å². The van der Waals surface area contributed by atoms with Crippen molar-refractivity contribution in [3.05, 3.63) is 0 Å². The van der Waals surface area contributed by atoms with Crippen LogP contribution in [0.25, 0.3) is 0 Å². The van der Waals surface area contributed by atoms with E-state index in [2.05, 4.69) is 28.3 Å². The van der Waals surface area contributed by atoms with Gasteiger partial charge in [-0.1, -0.05) is 55.0 Å². The third-order valence-electron chi connectivity index (χ3n) is 2.30. The van der Waals surface area contributed by atoms with Gasteiger partial charge in [-0.25, -0.2) is 5.48 Å². The number of unbranched alkanes of at least 4 members (excludes halogenated alkanes) is 5. The van der Waals surface area contributed by atoms with Gasteiger partial charge in [-0.15, -0.1) is 0 Å². The van der Waals surface area contributed by atoms with Crippen LogP contribution in [0.4, 0.5) is 0 Å². The Kier molecular flexibility index (Phi) is 8.94. The molecule has 0 aliphatic rings. The Morgan fingerprint density at radius 1 is 1.19 bits per heavy atom. The molecule has 0 atom stereocenters. The average molecular weight is 294 g/mol. The summed E-state index contributed by atoms with van der Waals surface area (Å²) in [4.78, 5) is 16.5. The number of amides is 1. The third-order valence-corrected chi connectivity index (χ3v) is 2.66. The van der Waals surface area contributed by atoms with E-state index in [0.29, 0.717) is 6.61 Å². The molecule has 0 saturated heterocycles. The molecule has 0 radical (unpaired) electrons. The molecule has 0 bridgehead atoms. The van der Waals surface area contributed by atoms with E-state index in [0.717, 1.165) is 6.42 Å². The number of hydroxylamine groups is 1. The zero-order valence-corrected chi connectivity index (χ0v) is 12.2. The van der Waals surface area contributed by atoms with Crippen molar-refractivity contribution < 1.29 is 9.63 Å². The highest BCUT2D eigenvalue weighted by Crippen LogP contribution is 2.15. The Balaban J connectivity index is 3.25. The normalized spacial score (nSPS) is 11.5. The summed E-state index contributed by atoms with van der Waals surface area (Å²) in [5.74, 6) is -0.140. The number of rotatable bonds is 9. The number of alkyl halides is 1. The lowest BCUT2D eigenvalue weighted by atomic mass is 10.1. The summed E-state index contributed by atoms with van der Waals surface area (Å²) in [6.45, 7) is 6.38. The smallest absolute Gasteiger partial charge is 0.259 e. The van der Waals surface area contributed by atoms with Crippen molar-refractivity contribution in [2.45, 2.75) is 63.6 Å². The molecule has 0 heterocycles. The van der Waals surface area contributed by atoms with Crippen molar-refractivity contribution >= 4 is 21.8 Å². The second-order valence-corrected chi connectivity index (χ2v) is 6.50. The molecule has 0 aliphatic carbocycles. The zero-order valence-electron chi connectivity index (χ0n) is 10.6. The van der Waals surface area contributed by atoms with Crippen LogP contribution in [0.5, 0.6) is 0 Å². The molecule has 0 fully saturated rings. The van der Waals surface area contributed by atoms with Crippen LogP contribution in [0.2, 0.25) is 0 Å². The van der Waals surface area contributed by atoms with Crippen LogP contribution in [0.1, 0.15) is 59.3 Å². The monoisotopic (exact) mass is 293 g/mol. The Morgan fingerprint density at radius 3 is 2.31 bits per heavy atom. The number of hydrogen-bond donors (Lipinski definition) is 1. The molecule has 0 aromatic heterocycles. The van der Waals surface area contributed by atoms with Crippen LogP contribution in [-0.4, -0.2) is 16.8 Å². The first-order chi connectivity index (χ1) is 7.48. The maximum atomic E-state index is 11.4. The molecule has 0 spiro atoms. The molecule has 0 unspecified atom stereocenters. The molecule has 96 valence electrons. The molecule has 1 amide bonds. The number of carbonyl (C=O) groups excluding carboxylic acids is 1. The van der Waals surface area contributed by atoms with E-state index in [1.165, 1.54) is 32.1 Å². The maximum absolute atomic E-state index is 11.4. The first-order valence-electron chi connectivity index (χ1n) is 6.09. The van der Waals surface area contributed by atoms with Crippen LogP contribution in [0.15, 0.2) is 0 Å². The van der Waals surface area contributed by atoms with E-state index >= 15 is 0 Å². The van der Waals surface area contributed by atoms with Gasteiger partial charge in [0.05, 0.1) is 6.61 Å². The van der Waals surface area contributed by atoms with E-state index in [1.54, 1.807) is 13.8 Å². The third kappa shape index (κ3) is 9.16. The Bertz CT molecular complexity index is 190. The molecule has 0 aromatic rings. The minimum Gasteiger partial charge on any atom is -0.274 e. The second-order valence-electron chi connectivity index (χ2n) is 4.52. The summed E-state index contributed by atoms with van der Waals surface area (Å²) in [5.41, 5.74) is 2.44. The average Bonchev–Trinajstić information content (AvgIpc) is 2.20. The zero-order chi connectivity index (χ0) is 12.4. The largest absolute Gasteiger partial charge is 0.274 e. The fourth-order valence-electron chi connectivity index (χ4n) is 1.19.